The Balaban J connectivity index is 2.43. The minimum Gasteiger partial charge on any atom is -0.302 e. The Morgan fingerprint density at radius 3 is 2.73 bits per heavy atom. The van der Waals surface area contributed by atoms with Crippen molar-refractivity contribution in [3.63, 3.8) is 0 Å². The van der Waals surface area contributed by atoms with Crippen LogP contribution in [0.3, 0.4) is 0 Å². The van der Waals surface area contributed by atoms with Gasteiger partial charge in [-0.2, -0.15) is 0 Å². The van der Waals surface area contributed by atoms with Crippen LogP contribution in [0.4, 0.5) is 0 Å². The van der Waals surface area contributed by atoms with Gasteiger partial charge in [-0.1, -0.05) is 11.6 Å². The van der Waals surface area contributed by atoms with Crippen molar-refractivity contribution in [1.29, 1.82) is 0 Å². The Morgan fingerprint density at radius 1 is 1.64 bits per heavy atom. The lowest BCUT2D eigenvalue weighted by Crippen LogP contribution is -2.05. The molecule has 1 aliphatic rings. The molecule has 1 nitrogen and oxygen atoms in total. The lowest BCUT2D eigenvalue weighted by atomic mass is 10.1. The molecule has 1 saturated carbocycles. The maximum absolute atomic E-state index is 10.7. The summed E-state index contributed by atoms with van der Waals surface area (Å²) in [5, 5.41) is 2.68. The van der Waals surface area contributed by atoms with E-state index in [0.717, 1.165) is 29.0 Å². The molecule has 2 rings (SSSR count). The third-order valence-corrected chi connectivity index (χ3v) is 3.64. The lowest BCUT2D eigenvalue weighted by molar-refractivity contribution is -0.109. The molecule has 0 atom stereocenters. The molecule has 1 fully saturated rings. The maximum Gasteiger partial charge on any atom is 0.131 e. The fourth-order valence-corrected chi connectivity index (χ4v) is 2.65. The summed E-state index contributed by atoms with van der Waals surface area (Å²) in [7, 11) is 0. The second-order valence-electron chi connectivity index (χ2n) is 2.87. The molecule has 0 aliphatic heterocycles. The van der Waals surface area contributed by atoms with Gasteiger partial charge >= 0.3 is 0 Å². The monoisotopic (exact) mass is 186 g/mol. The Bertz CT molecular complexity index is 288. The van der Waals surface area contributed by atoms with E-state index in [9.17, 15) is 4.79 Å². The highest BCUT2D eigenvalue weighted by molar-refractivity contribution is 7.11. The maximum atomic E-state index is 10.7. The van der Waals surface area contributed by atoms with Gasteiger partial charge in [0.05, 0.1) is 10.4 Å². The molecule has 1 aliphatic carbocycles. The third-order valence-electron chi connectivity index (χ3n) is 2.08. The molecule has 0 N–H and O–H groups in total. The van der Waals surface area contributed by atoms with Gasteiger partial charge in [0.2, 0.25) is 0 Å². The first-order valence-corrected chi connectivity index (χ1v) is 4.74. The van der Waals surface area contributed by atoms with Gasteiger partial charge in [0.1, 0.15) is 6.29 Å². The first-order valence-electron chi connectivity index (χ1n) is 3.48. The Labute approximate surface area is 74.0 Å². The molecule has 0 saturated heterocycles. The van der Waals surface area contributed by atoms with E-state index in [1.54, 1.807) is 11.3 Å². The molecule has 1 aromatic heterocycles. The van der Waals surface area contributed by atoms with Crippen LogP contribution in [0.25, 0.3) is 0 Å². The smallest absolute Gasteiger partial charge is 0.131 e. The van der Waals surface area contributed by atoms with Crippen molar-refractivity contribution < 1.29 is 4.79 Å². The van der Waals surface area contributed by atoms with Gasteiger partial charge in [0.15, 0.2) is 0 Å². The molecule has 3 heteroatoms. The van der Waals surface area contributed by atoms with Crippen LogP contribution >= 0.6 is 22.9 Å². The number of carbonyl (C=O) groups excluding carboxylic acids is 1. The van der Waals surface area contributed by atoms with E-state index >= 15 is 0 Å². The van der Waals surface area contributed by atoms with E-state index in [1.165, 1.54) is 0 Å². The average molecular weight is 187 g/mol. The van der Waals surface area contributed by atoms with Crippen LogP contribution < -0.4 is 0 Å². The van der Waals surface area contributed by atoms with Crippen LogP contribution in [0, 0.1) is 0 Å². The molecule has 1 aromatic rings. The summed E-state index contributed by atoms with van der Waals surface area (Å²) in [4.78, 5) is 11.7. The molecule has 0 spiro atoms. The molecule has 0 amide bonds. The summed E-state index contributed by atoms with van der Waals surface area (Å²) >= 11 is 7.47. The Hall–Kier alpha value is -0.340. The molecule has 0 bridgehead atoms. The Kier molecular flexibility index (Phi) is 1.55. The number of thiophene rings is 1. The van der Waals surface area contributed by atoms with E-state index < -0.39 is 0 Å². The van der Waals surface area contributed by atoms with E-state index in [1.807, 2.05) is 11.4 Å². The van der Waals surface area contributed by atoms with E-state index in [2.05, 4.69) is 0 Å². The second-order valence-corrected chi connectivity index (χ2v) is 4.19. The van der Waals surface area contributed by atoms with Crippen LogP contribution in [0.1, 0.15) is 17.7 Å². The van der Waals surface area contributed by atoms with Crippen molar-refractivity contribution >= 4 is 29.2 Å². The predicted octanol–water partition coefficient (Wildman–Crippen LogP) is 2.63. The van der Waals surface area contributed by atoms with Crippen LogP contribution in [0.15, 0.2) is 11.4 Å². The number of hydrogen-bond acceptors (Lipinski definition) is 2. The van der Waals surface area contributed by atoms with Crippen LogP contribution in [-0.4, -0.2) is 6.29 Å². The third kappa shape index (κ3) is 1.01. The van der Waals surface area contributed by atoms with Crippen molar-refractivity contribution in [3.05, 3.63) is 21.3 Å². The van der Waals surface area contributed by atoms with Crippen molar-refractivity contribution in [2.75, 3.05) is 0 Å². The molecular formula is C8H7ClOS. The average Bonchev–Trinajstić information content (AvgIpc) is 2.70. The normalized spacial score (nSPS) is 19.7. The molecule has 1 heterocycles. The molecule has 58 valence electrons. The fraction of sp³-hybridized carbons (Fsp3) is 0.375. The van der Waals surface area contributed by atoms with Crippen LogP contribution in [-0.2, 0) is 10.2 Å². The minimum absolute atomic E-state index is 0.189. The first-order chi connectivity index (χ1) is 5.28. The van der Waals surface area contributed by atoms with Crippen LogP contribution in [0.2, 0.25) is 5.02 Å². The van der Waals surface area contributed by atoms with Crippen molar-refractivity contribution in [3.8, 4) is 0 Å². The number of aldehydes is 1. The van der Waals surface area contributed by atoms with Crippen molar-refractivity contribution in [1.82, 2.24) is 0 Å². The summed E-state index contributed by atoms with van der Waals surface area (Å²) in [5.74, 6) is 0. The first kappa shape index (κ1) is 7.32. The predicted molar refractivity (Wildman–Crippen MR) is 46.3 cm³/mol. The van der Waals surface area contributed by atoms with Crippen molar-refractivity contribution in [2.45, 2.75) is 18.3 Å². The van der Waals surface area contributed by atoms with Gasteiger partial charge in [-0.3, -0.25) is 0 Å². The van der Waals surface area contributed by atoms with E-state index in [-0.39, 0.29) is 5.41 Å². The minimum atomic E-state index is -0.189. The standard InChI is InChI=1S/C8H7ClOS/c9-6-1-4-11-7(6)8(5-10)2-3-8/h1,4-5H,2-3H2. The highest BCUT2D eigenvalue weighted by Gasteiger charge is 2.46. The summed E-state index contributed by atoms with van der Waals surface area (Å²) in [5.41, 5.74) is -0.189. The largest absolute Gasteiger partial charge is 0.302 e. The van der Waals surface area contributed by atoms with Gasteiger partial charge in [-0.15, -0.1) is 11.3 Å². The topological polar surface area (TPSA) is 17.1 Å². The highest BCUT2D eigenvalue weighted by atomic mass is 35.5. The van der Waals surface area contributed by atoms with Crippen LogP contribution in [0.5, 0.6) is 0 Å². The van der Waals surface area contributed by atoms with Gasteiger partial charge in [-0.25, -0.2) is 0 Å². The fourth-order valence-electron chi connectivity index (χ4n) is 1.18. The number of rotatable bonds is 2. The number of hydrogen-bond donors (Lipinski definition) is 0. The zero-order valence-corrected chi connectivity index (χ0v) is 7.41. The number of carbonyl (C=O) groups is 1. The van der Waals surface area contributed by atoms with Gasteiger partial charge in [0, 0.05) is 4.88 Å². The zero-order valence-electron chi connectivity index (χ0n) is 5.84. The molecule has 0 radical (unpaired) electrons. The SMILES string of the molecule is O=CC1(c2sccc2Cl)CC1. The van der Waals surface area contributed by atoms with Crippen molar-refractivity contribution in [2.24, 2.45) is 0 Å². The lowest BCUT2D eigenvalue weighted by Gasteiger charge is -2.02. The summed E-state index contributed by atoms with van der Waals surface area (Å²) in [6.45, 7) is 0. The molecule has 0 unspecified atom stereocenters. The summed E-state index contributed by atoms with van der Waals surface area (Å²) in [6, 6.07) is 1.85. The summed E-state index contributed by atoms with van der Waals surface area (Å²) < 4.78 is 0. The molecule has 11 heavy (non-hydrogen) atoms. The molecule has 0 aromatic carbocycles. The zero-order chi connectivity index (χ0) is 7.90. The quantitative estimate of drug-likeness (QED) is 0.649. The highest BCUT2D eigenvalue weighted by Crippen LogP contribution is 2.50. The van der Waals surface area contributed by atoms with E-state index in [4.69, 9.17) is 11.6 Å². The number of halogens is 1. The summed E-state index contributed by atoms with van der Waals surface area (Å²) in [6.07, 6.45) is 2.97. The Morgan fingerprint density at radius 2 is 2.36 bits per heavy atom. The van der Waals surface area contributed by atoms with E-state index in [0.29, 0.717) is 0 Å². The second kappa shape index (κ2) is 2.32. The van der Waals surface area contributed by atoms with Gasteiger partial charge in [-0.05, 0) is 24.3 Å². The molecular weight excluding hydrogens is 180 g/mol. The van der Waals surface area contributed by atoms with Gasteiger partial charge < -0.3 is 4.79 Å². The van der Waals surface area contributed by atoms with Gasteiger partial charge in [0.25, 0.3) is 0 Å².